The lowest BCUT2D eigenvalue weighted by Gasteiger charge is -2.39. The van der Waals surface area contributed by atoms with Gasteiger partial charge in [-0.3, -0.25) is 9.69 Å². The predicted molar refractivity (Wildman–Crippen MR) is 47.5 cm³/mol. The highest BCUT2D eigenvalue weighted by Gasteiger charge is 2.61. The highest BCUT2D eigenvalue weighted by molar-refractivity contribution is 6.34. The van der Waals surface area contributed by atoms with E-state index in [1.807, 2.05) is 0 Å². The van der Waals surface area contributed by atoms with Gasteiger partial charge in [0.15, 0.2) is 0 Å². The van der Waals surface area contributed by atoms with Gasteiger partial charge < -0.3 is 4.90 Å². The van der Waals surface area contributed by atoms with E-state index >= 15 is 0 Å². The van der Waals surface area contributed by atoms with Crippen LogP contribution in [0.5, 0.6) is 0 Å². The van der Waals surface area contributed by atoms with Crippen molar-refractivity contribution >= 4 is 23.5 Å². The smallest absolute Gasteiger partial charge is 0.320 e. The Kier molecular flexibility index (Phi) is 1.61. The summed E-state index contributed by atoms with van der Waals surface area (Å²) in [5.74, 6) is -0.276. The van der Waals surface area contributed by atoms with Gasteiger partial charge in [0, 0.05) is 14.1 Å². The number of alkyl halides is 1. The van der Waals surface area contributed by atoms with E-state index in [1.54, 1.807) is 11.9 Å². The van der Waals surface area contributed by atoms with Crippen LogP contribution in [0.15, 0.2) is 0 Å². The van der Waals surface area contributed by atoms with E-state index in [9.17, 15) is 9.59 Å². The van der Waals surface area contributed by atoms with Crippen molar-refractivity contribution in [3.05, 3.63) is 0 Å². The Morgan fingerprint density at radius 2 is 1.92 bits per heavy atom. The number of hydrogen-bond acceptors (Lipinski definition) is 2. The average molecular weight is 203 g/mol. The number of rotatable bonds is 0. The second-order valence-corrected chi connectivity index (χ2v) is 4.14. The van der Waals surface area contributed by atoms with Crippen LogP contribution in [0.4, 0.5) is 4.79 Å². The van der Waals surface area contributed by atoms with E-state index in [0.717, 1.165) is 17.7 Å². The van der Waals surface area contributed by atoms with E-state index in [1.165, 1.54) is 7.05 Å². The van der Waals surface area contributed by atoms with Crippen LogP contribution in [-0.4, -0.2) is 46.7 Å². The summed E-state index contributed by atoms with van der Waals surface area (Å²) in [6.45, 7) is 0. The van der Waals surface area contributed by atoms with Gasteiger partial charge in [-0.25, -0.2) is 4.79 Å². The Morgan fingerprint density at radius 1 is 1.38 bits per heavy atom. The second kappa shape index (κ2) is 2.38. The number of imide groups is 1. The van der Waals surface area contributed by atoms with Crippen LogP contribution in [-0.2, 0) is 4.79 Å². The lowest BCUT2D eigenvalue weighted by atomic mass is 10.1. The van der Waals surface area contributed by atoms with Crippen LogP contribution >= 0.6 is 11.6 Å². The fourth-order valence-corrected chi connectivity index (χ4v) is 2.31. The molecule has 1 aliphatic heterocycles. The van der Waals surface area contributed by atoms with E-state index in [2.05, 4.69) is 0 Å². The molecule has 2 rings (SSSR count). The van der Waals surface area contributed by atoms with Gasteiger partial charge in [-0.15, -0.1) is 11.6 Å². The van der Waals surface area contributed by atoms with Crippen molar-refractivity contribution in [2.75, 3.05) is 14.1 Å². The molecule has 1 spiro atoms. The summed E-state index contributed by atoms with van der Waals surface area (Å²) in [7, 11) is 3.17. The van der Waals surface area contributed by atoms with Crippen molar-refractivity contribution < 1.29 is 9.59 Å². The maximum absolute atomic E-state index is 11.5. The van der Waals surface area contributed by atoms with Crippen LogP contribution < -0.4 is 0 Å². The molecule has 5 heteroatoms. The van der Waals surface area contributed by atoms with Gasteiger partial charge >= 0.3 is 6.03 Å². The van der Waals surface area contributed by atoms with Crippen LogP contribution in [0.3, 0.4) is 0 Å². The van der Waals surface area contributed by atoms with Gasteiger partial charge in [-0.2, -0.15) is 0 Å². The van der Waals surface area contributed by atoms with Gasteiger partial charge in [0.25, 0.3) is 5.91 Å². The van der Waals surface area contributed by atoms with Gasteiger partial charge in [0.1, 0.15) is 5.38 Å². The van der Waals surface area contributed by atoms with Crippen LogP contribution in [0.25, 0.3) is 0 Å². The quantitative estimate of drug-likeness (QED) is 0.542. The first-order valence-electron chi connectivity index (χ1n) is 4.20. The molecule has 0 N–H and O–H groups in total. The second-order valence-electron chi connectivity index (χ2n) is 3.70. The summed E-state index contributed by atoms with van der Waals surface area (Å²) in [4.78, 5) is 25.7. The Bertz CT molecular complexity index is 264. The average Bonchev–Trinajstić information content (AvgIpc) is 2.91. The lowest BCUT2D eigenvalue weighted by molar-refractivity contribution is -0.131. The van der Waals surface area contributed by atoms with Crippen LogP contribution in [0.1, 0.15) is 12.8 Å². The van der Waals surface area contributed by atoms with Gasteiger partial charge in [-0.1, -0.05) is 0 Å². The molecule has 1 aliphatic carbocycles. The van der Waals surface area contributed by atoms with Crippen molar-refractivity contribution in [2.45, 2.75) is 23.8 Å². The molecular weight excluding hydrogens is 192 g/mol. The Morgan fingerprint density at radius 3 is 2.38 bits per heavy atom. The minimum Gasteiger partial charge on any atom is -0.320 e. The molecular formula is C8H11ClN2O2. The number of halogens is 1. The number of carbonyl (C=O) groups is 2. The zero-order valence-electron chi connectivity index (χ0n) is 7.58. The molecule has 0 radical (unpaired) electrons. The molecule has 0 aromatic carbocycles. The van der Waals surface area contributed by atoms with E-state index in [-0.39, 0.29) is 17.5 Å². The van der Waals surface area contributed by atoms with E-state index in [4.69, 9.17) is 11.6 Å². The van der Waals surface area contributed by atoms with Crippen LogP contribution in [0, 0.1) is 0 Å². The molecule has 1 saturated heterocycles. The van der Waals surface area contributed by atoms with Crippen molar-refractivity contribution in [2.24, 2.45) is 0 Å². The normalized spacial score (nSPS) is 31.5. The van der Waals surface area contributed by atoms with Gasteiger partial charge in [-0.05, 0) is 12.8 Å². The SMILES string of the molecule is CN1C(=O)C(Cl)C2(CC2)N(C)C1=O. The standard InChI is InChI=1S/C8H11ClN2O2/c1-10-6(12)5(9)8(3-4-8)11(2)7(10)13/h5H,3-4H2,1-2H3. The summed E-state index contributed by atoms with van der Waals surface area (Å²) in [6, 6.07) is -0.251. The number of amides is 3. The number of carbonyl (C=O) groups excluding carboxylic acids is 2. The lowest BCUT2D eigenvalue weighted by Crippen LogP contribution is -2.61. The topological polar surface area (TPSA) is 40.6 Å². The predicted octanol–water partition coefficient (Wildman–Crippen LogP) is 0.650. The third kappa shape index (κ3) is 0.921. The number of nitrogens with zero attached hydrogens (tertiary/aromatic N) is 2. The monoisotopic (exact) mass is 202 g/mol. The maximum atomic E-state index is 11.5. The Labute approximate surface area is 81.4 Å². The molecule has 1 saturated carbocycles. The minimum atomic E-state index is -0.569. The fourth-order valence-electron chi connectivity index (χ4n) is 1.80. The Balaban J connectivity index is 2.35. The maximum Gasteiger partial charge on any atom is 0.326 e. The molecule has 3 amide bonds. The summed E-state index contributed by atoms with van der Waals surface area (Å²) in [6.07, 6.45) is 1.67. The molecule has 1 heterocycles. The highest BCUT2D eigenvalue weighted by Crippen LogP contribution is 2.49. The third-order valence-electron chi connectivity index (χ3n) is 3.02. The molecule has 2 fully saturated rings. The fraction of sp³-hybridized carbons (Fsp3) is 0.750. The summed E-state index contributed by atoms with van der Waals surface area (Å²) in [5.41, 5.74) is -0.373. The Hall–Kier alpha value is -0.770. The number of urea groups is 1. The molecule has 72 valence electrons. The summed E-state index contributed by atoms with van der Waals surface area (Å²) >= 11 is 5.99. The molecule has 1 unspecified atom stereocenters. The van der Waals surface area contributed by atoms with E-state index < -0.39 is 5.38 Å². The van der Waals surface area contributed by atoms with Crippen molar-refractivity contribution in [3.63, 3.8) is 0 Å². The van der Waals surface area contributed by atoms with Crippen molar-refractivity contribution in [1.82, 2.24) is 9.80 Å². The first-order valence-corrected chi connectivity index (χ1v) is 4.64. The summed E-state index contributed by atoms with van der Waals surface area (Å²) in [5, 5.41) is -0.569. The molecule has 4 nitrogen and oxygen atoms in total. The van der Waals surface area contributed by atoms with Crippen molar-refractivity contribution in [3.8, 4) is 0 Å². The molecule has 13 heavy (non-hydrogen) atoms. The minimum absolute atomic E-state index is 0.251. The number of hydrogen-bond donors (Lipinski definition) is 0. The molecule has 0 aromatic heterocycles. The highest BCUT2D eigenvalue weighted by atomic mass is 35.5. The van der Waals surface area contributed by atoms with Crippen LogP contribution in [0.2, 0.25) is 0 Å². The van der Waals surface area contributed by atoms with Crippen molar-refractivity contribution in [1.29, 1.82) is 0 Å². The first kappa shape index (κ1) is 8.81. The first-order chi connectivity index (χ1) is 6.00. The zero-order valence-corrected chi connectivity index (χ0v) is 8.34. The third-order valence-corrected chi connectivity index (χ3v) is 3.62. The van der Waals surface area contributed by atoms with Gasteiger partial charge in [0.2, 0.25) is 0 Å². The van der Waals surface area contributed by atoms with Gasteiger partial charge in [0.05, 0.1) is 5.54 Å². The zero-order chi connectivity index (χ0) is 9.80. The molecule has 0 bridgehead atoms. The van der Waals surface area contributed by atoms with E-state index in [0.29, 0.717) is 0 Å². The largest absolute Gasteiger partial charge is 0.326 e. The molecule has 1 atom stereocenters. The summed E-state index contributed by atoms with van der Waals surface area (Å²) < 4.78 is 0. The molecule has 0 aromatic rings. The molecule has 2 aliphatic rings.